The normalized spacial score (nSPS) is 37.1. The van der Waals surface area contributed by atoms with Gasteiger partial charge in [0.15, 0.2) is 11.5 Å². The molecule has 1 aliphatic heterocycles. The summed E-state index contributed by atoms with van der Waals surface area (Å²) in [4.78, 5) is 11.1. The van der Waals surface area contributed by atoms with Gasteiger partial charge in [-0.3, -0.25) is 4.79 Å². The van der Waals surface area contributed by atoms with Crippen molar-refractivity contribution in [2.24, 2.45) is 0 Å². The molecule has 0 bridgehead atoms. The highest BCUT2D eigenvalue weighted by Crippen LogP contribution is 2.42. The molecular formula is C10H16FNO. The second kappa shape index (κ2) is 2.77. The van der Waals surface area contributed by atoms with Crippen LogP contribution >= 0.6 is 0 Å². The molecule has 0 radical (unpaired) electrons. The average molecular weight is 185 g/mol. The first-order valence-corrected chi connectivity index (χ1v) is 5.01. The van der Waals surface area contributed by atoms with Crippen LogP contribution in [0.1, 0.15) is 39.0 Å². The molecule has 0 aromatic carbocycles. The largest absolute Gasteiger partial charge is 0.307 e. The van der Waals surface area contributed by atoms with E-state index < -0.39 is 5.67 Å². The highest BCUT2D eigenvalue weighted by atomic mass is 19.1. The Morgan fingerprint density at radius 3 is 2.46 bits per heavy atom. The Balaban J connectivity index is 2.12. The smallest absolute Gasteiger partial charge is 0.182 e. The van der Waals surface area contributed by atoms with Crippen LogP contribution in [0.3, 0.4) is 0 Å². The Labute approximate surface area is 77.9 Å². The molecule has 2 aliphatic rings. The second-order valence-corrected chi connectivity index (χ2v) is 4.54. The molecule has 1 spiro atoms. The van der Waals surface area contributed by atoms with Gasteiger partial charge in [0, 0.05) is 18.5 Å². The maximum absolute atomic E-state index is 13.9. The topological polar surface area (TPSA) is 29.1 Å². The van der Waals surface area contributed by atoms with Gasteiger partial charge in [-0.15, -0.1) is 0 Å². The Morgan fingerprint density at radius 1 is 1.38 bits per heavy atom. The van der Waals surface area contributed by atoms with Gasteiger partial charge in [-0.25, -0.2) is 4.39 Å². The summed E-state index contributed by atoms with van der Waals surface area (Å²) >= 11 is 0. The maximum atomic E-state index is 13.9. The van der Waals surface area contributed by atoms with Crippen molar-refractivity contribution in [3.05, 3.63) is 0 Å². The Hall–Kier alpha value is -0.440. The monoisotopic (exact) mass is 185 g/mol. The standard InChI is InChI=1S/C10H16FNO/c1-8(13)10(11)6-9(12-7-10)4-2-3-5-9/h12H,2-7H2,1H3/t10-/m0/s1. The van der Waals surface area contributed by atoms with Crippen LogP contribution < -0.4 is 5.32 Å². The summed E-state index contributed by atoms with van der Waals surface area (Å²) in [5.74, 6) is -0.316. The number of rotatable bonds is 1. The lowest BCUT2D eigenvalue weighted by Gasteiger charge is -2.23. The van der Waals surface area contributed by atoms with E-state index in [-0.39, 0.29) is 17.9 Å². The van der Waals surface area contributed by atoms with E-state index in [1.54, 1.807) is 0 Å². The number of carbonyl (C=O) groups is 1. The van der Waals surface area contributed by atoms with E-state index in [1.807, 2.05) is 0 Å². The van der Waals surface area contributed by atoms with E-state index in [2.05, 4.69) is 5.32 Å². The fourth-order valence-electron chi connectivity index (χ4n) is 2.64. The third-order valence-electron chi connectivity index (χ3n) is 3.55. The third kappa shape index (κ3) is 1.39. The highest BCUT2D eigenvalue weighted by Gasteiger charge is 2.51. The fraction of sp³-hybridized carbons (Fsp3) is 0.900. The van der Waals surface area contributed by atoms with E-state index in [4.69, 9.17) is 0 Å². The van der Waals surface area contributed by atoms with Gasteiger partial charge in [0.05, 0.1) is 0 Å². The molecule has 2 rings (SSSR count). The zero-order valence-electron chi connectivity index (χ0n) is 8.03. The number of carbonyl (C=O) groups excluding carboxylic acids is 1. The molecule has 2 fully saturated rings. The minimum atomic E-state index is -1.58. The van der Waals surface area contributed by atoms with Crippen LogP contribution in [0.5, 0.6) is 0 Å². The molecule has 1 aliphatic carbocycles. The van der Waals surface area contributed by atoms with E-state index >= 15 is 0 Å². The molecule has 1 saturated carbocycles. The molecule has 3 heteroatoms. The molecule has 2 nitrogen and oxygen atoms in total. The van der Waals surface area contributed by atoms with Crippen LogP contribution in [0, 0.1) is 0 Å². The first-order chi connectivity index (χ1) is 6.06. The number of ketones is 1. The molecule has 1 N–H and O–H groups in total. The number of hydrogen-bond acceptors (Lipinski definition) is 2. The van der Waals surface area contributed by atoms with E-state index in [0.29, 0.717) is 6.42 Å². The molecule has 1 heterocycles. The number of nitrogens with one attached hydrogen (secondary N) is 1. The summed E-state index contributed by atoms with van der Waals surface area (Å²) in [7, 11) is 0. The van der Waals surface area contributed by atoms with Gasteiger partial charge >= 0.3 is 0 Å². The van der Waals surface area contributed by atoms with Crippen LogP contribution in [-0.2, 0) is 4.79 Å². The first kappa shape index (κ1) is 9.13. The Kier molecular flexibility index (Phi) is 1.95. The second-order valence-electron chi connectivity index (χ2n) is 4.54. The van der Waals surface area contributed by atoms with Crippen LogP contribution in [0.2, 0.25) is 0 Å². The van der Waals surface area contributed by atoms with Gasteiger partial charge in [-0.05, 0) is 19.8 Å². The van der Waals surface area contributed by atoms with Crippen LogP contribution in [0.25, 0.3) is 0 Å². The molecule has 1 saturated heterocycles. The summed E-state index contributed by atoms with van der Waals surface area (Å²) in [6.07, 6.45) is 4.80. The highest BCUT2D eigenvalue weighted by molar-refractivity contribution is 5.85. The van der Waals surface area contributed by atoms with Crippen molar-refractivity contribution >= 4 is 5.78 Å². The fourth-order valence-corrected chi connectivity index (χ4v) is 2.64. The molecule has 0 unspecified atom stereocenters. The lowest BCUT2D eigenvalue weighted by atomic mass is 9.88. The molecule has 13 heavy (non-hydrogen) atoms. The third-order valence-corrected chi connectivity index (χ3v) is 3.55. The van der Waals surface area contributed by atoms with Gasteiger partial charge < -0.3 is 5.32 Å². The Morgan fingerprint density at radius 2 is 2.00 bits per heavy atom. The summed E-state index contributed by atoms with van der Waals surface area (Å²) < 4.78 is 13.9. The van der Waals surface area contributed by atoms with Crippen molar-refractivity contribution in [2.75, 3.05) is 6.54 Å². The molecule has 1 atom stereocenters. The number of Topliss-reactive ketones (excluding diaryl/α,β-unsaturated/α-hetero) is 1. The first-order valence-electron chi connectivity index (χ1n) is 5.01. The zero-order valence-corrected chi connectivity index (χ0v) is 8.03. The molecule has 0 amide bonds. The van der Waals surface area contributed by atoms with E-state index in [0.717, 1.165) is 12.8 Å². The predicted molar refractivity (Wildman–Crippen MR) is 48.3 cm³/mol. The quantitative estimate of drug-likeness (QED) is 0.672. The van der Waals surface area contributed by atoms with Crippen molar-refractivity contribution in [3.8, 4) is 0 Å². The van der Waals surface area contributed by atoms with Crippen molar-refractivity contribution in [2.45, 2.75) is 50.2 Å². The van der Waals surface area contributed by atoms with Crippen molar-refractivity contribution in [1.82, 2.24) is 5.32 Å². The van der Waals surface area contributed by atoms with Gasteiger partial charge in [-0.2, -0.15) is 0 Å². The van der Waals surface area contributed by atoms with Crippen LogP contribution in [-0.4, -0.2) is 23.5 Å². The minimum absolute atomic E-state index is 0.0412. The maximum Gasteiger partial charge on any atom is 0.182 e. The molecule has 0 aromatic rings. The average Bonchev–Trinajstić information content (AvgIpc) is 2.62. The number of halogens is 1. The zero-order chi connectivity index (χ0) is 9.53. The summed E-state index contributed by atoms with van der Waals surface area (Å²) in [5.41, 5.74) is -1.62. The van der Waals surface area contributed by atoms with Crippen molar-refractivity contribution in [1.29, 1.82) is 0 Å². The predicted octanol–water partition coefficient (Wildman–Crippen LogP) is 1.59. The Bertz CT molecular complexity index is 235. The van der Waals surface area contributed by atoms with Crippen molar-refractivity contribution in [3.63, 3.8) is 0 Å². The SMILES string of the molecule is CC(=O)[C@@]1(F)CNC2(CCCC2)C1. The summed E-state index contributed by atoms with van der Waals surface area (Å²) in [6.45, 7) is 1.58. The molecular weight excluding hydrogens is 169 g/mol. The van der Waals surface area contributed by atoms with Gasteiger partial charge in [0.25, 0.3) is 0 Å². The van der Waals surface area contributed by atoms with Crippen molar-refractivity contribution < 1.29 is 9.18 Å². The van der Waals surface area contributed by atoms with Gasteiger partial charge in [0.1, 0.15) is 0 Å². The van der Waals surface area contributed by atoms with Crippen LogP contribution in [0.15, 0.2) is 0 Å². The van der Waals surface area contributed by atoms with Gasteiger partial charge in [-0.1, -0.05) is 12.8 Å². The lowest BCUT2D eigenvalue weighted by Crippen LogP contribution is -2.35. The summed E-state index contributed by atoms with van der Waals surface area (Å²) in [6, 6.07) is 0. The number of hydrogen-bond donors (Lipinski definition) is 1. The molecule has 0 aromatic heterocycles. The molecule has 74 valence electrons. The van der Waals surface area contributed by atoms with Crippen LogP contribution in [0.4, 0.5) is 4.39 Å². The van der Waals surface area contributed by atoms with Gasteiger partial charge in [0.2, 0.25) is 0 Å². The summed E-state index contributed by atoms with van der Waals surface area (Å²) in [5, 5.41) is 3.21. The van der Waals surface area contributed by atoms with E-state index in [1.165, 1.54) is 19.8 Å². The number of alkyl halides is 1. The lowest BCUT2D eigenvalue weighted by molar-refractivity contribution is -0.127. The minimum Gasteiger partial charge on any atom is -0.307 e. The van der Waals surface area contributed by atoms with E-state index in [9.17, 15) is 9.18 Å².